The molecule has 7 amide bonds. The van der Waals surface area contributed by atoms with Crippen molar-refractivity contribution in [3.8, 4) is 5.75 Å². The third-order valence-electron chi connectivity index (χ3n) is 15.0. The van der Waals surface area contributed by atoms with Crippen LogP contribution in [-0.4, -0.2) is 182 Å². The van der Waals surface area contributed by atoms with Gasteiger partial charge in [-0.1, -0.05) is 39.3 Å². The number of methoxy groups -OCH3 is 2. The Kier molecular flexibility index (Phi) is 23.5. The lowest BCUT2D eigenvalue weighted by Gasteiger charge is -2.39. The van der Waals surface area contributed by atoms with Gasteiger partial charge in [0.15, 0.2) is 0 Å². The molecule has 1 saturated carbocycles. The van der Waals surface area contributed by atoms with Gasteiger partial charge in [-0.25, -0.2) is 4.79 Å². The molecule has 6 rings (SSSR count). The molecule has 3 aliphatic heterocycles. The zero-order valence-electron chi connectivity index (χ0n) is 45.3. The summed E-state index contributed by atoms with van der Waals surface area (Å²) in [6.45, 7) is 7.47. The second kappa shape index (κ2) is 29.6. The molecule has 2 aromatic carbocycles. The Morgan fingerprint density at radius 2 is 1.67 bits per heavy atom. The third-order valence-corrected chi connectivity index (χ3v) is 17.4. The Hall–Kier alpha value is -5.03. The number of fused-ring (bicyclic) bond motifs is 1. The molecule has 22 heteroatoms. The lowest BCUT2D eigenvalue weighted by atomic mass is 9.90. The Morgan fingerprint density at radius 1 is 0.934 bits per heavy atom. The van der Waals surface area contributed by atoms with Crippen molar-refractivity contribution in [2.75, 3.05) is 83.3 Å². The minimum Gasteiger partial charge on any atom is -0.410 e. The monoisotopic (exact) mass is 1110 g/mol. The summed E-state index contributed by atoms with van der Waals surface area (Å²) in [5.74, 6) is 0.0907. The highest BCUT2D eigenvalue weighted by molar-refractivity contribution is 7.99. The number of likely N-dealkylation sites (tertiary alicyclic amines) is 2. The number of hydrogen-bond acceptors (Lipinski definition) is 15. The summed E-state index contributed by atoms with van der Waals surface area (Å²) < 4.78 is 20.6. The lowest BCUT2D eigenvalue weighted by Crippen LogP contribution is -2.55. The summed E-state index contributed by atoms with van der Waals surface area (Å²) in [5, 5.41) is 12.4. The number of likely N-dealkylation sites (N-methyl/N-ethyl adjacent to an activating group) is 1. The van der Waals surface area contributed by atoms with Crippen LogP contribution in [0.15, 0.2) is 47.5 Å². The Morgan fingerprint density at radius 3 is 2.32 bits per heavy atom. The third kappa shape index (κ3) is 16.5. The number of carbonyl (C=O) groups is 7. The van der Waals surface area contributed by atoms with Crippen molar-refractivity contribution in [2.24, 2.45) is 22.7 Å². The van der Waals surface area contributed by atoms with E-state index in [4.69, 9.17) is 19.2 Å². The highest BCUT2D eigenvalue weighted by Crippen LogP contribution is 2.34. The van der Waals surface area contributed by atoms with E-state index in [2.05, 4.69) is 38.5 Å². The lowest BCUT2D eigenvalue weighted by molar-refractivity contribution is -0.145. The van der Waals surface area contributed by atoms with E-state index in [9.17, 15) is 33.6 Å². The highest BCUT2D eigenvalue weighted by Gasteiger charge is 2.43. The second-order valence-corrected chi connectivity index (χ2v) is 23.1. The number of ether oxygens (including phenoxy) is 3. The van der Waals surface area contributed by atoms with Gasteiger partial charge in [0.2, 0.25) is 24.1 Å². The number of nitrogens with zero attached hydrogens (tertiary/aromatic N) is 4. The molecule has 0 radical (unpaired) electrons. The van der Waals surface area contributed by atoms with Crippen LogP contribution >= 0.6 is 35.5 Å². The van der Waals surface area contributed by atoms with Gasteiger partial charge in [-0.2, -0.15) is 23.5 Å². The molecule has 418 valence electrons. The van der Waals surface area contributed by atoms with Gasteiger partial charge in [-0.05, 0) is 111 Å². The molecule has 2 saturated heterocycles. The van der Waals surface area contributed by atoms with Gasteiger partial charge in [-0.3, -0.25) is 38.5 Å². The molecule has 2 aromatic rings. The number of nitrogens with one attached hydrogen (secondary N) is 5. The first-order valence-electron chi connectivity index (χ1n) is 26.5. The average molecular weight is 1110 g/mol. The maximum atomic E-state index is 14.2. The van der Waals surface area contributed by atoms with E-state index in [-0.39, 0.29) is 60.9 Å². The van der Waals surface area contributed by atoms with Crippen LogP contribution in [0.2, 0.25) is 0 Å². The first kappa shape index (κ1) is 60.2. The summed E-state index contributed by atoms with van der Waals surface area (Å²) in [7, 11) is 4.69. The van der Waals surface area contributed by atoms with E-state index in [1.54, 1.807) is 76.5 Å². The van der Waals surface area contributed by atoms with Gasteiger partial charge >= 0.3 is 6.09 Å². The molecule has 4 aliphatic rings. The van der Waals surface area contributed by atoms with E-state index >= 15 is 0 Å². The maximum Gasteiger partial charge on any atom is 0.415 e. The van der Waals surface area contributed by atoms with Gasteiger partial charge < -0.3 is 50.2 Å². The zero-order valence-corrected chi connectivity index (χ0v) is 47.8. The number of piperidine rings is 1. The van der Waals surface area contributed by atoms with Crippen LogP contribution in [0.4, 0.5) is 16.2 Å². The fourth-order valence-electron chi connectivity index (χ4n) is 10.2. The molecule has 0 spiro atoms. The molecular formula is C54H79N9O10S3. The first-order valence-corrected chi connectivity index (χ1v) is 30.1. The fraction of sp³-hybridized carbons (Fsp3) is 0.630. The number of rotatable bonds is 28. The number of amides is 7. The normalized spacial score (nSPS) is 19.8. The van der Waals surface area contributed by atoms with E-state index in [1.807, 2.05) is 32.0 Å². The molecule has 0 bridgehead atoms. The predicted octanol–water partition coefficient (Wildman–Crippen LogP) is 5.54. The number of carbonyl (C=O) groups excluding carboxylic acids is 7. The van der Waals surface area contributed by atoms with Crippen LogP contribution in [0.3, 0.4) is 0 Å². The van der Waals surface area contributed by atoms with E-state index < -0.39 is 48.3 Å². The van der Waals surface area contributed by atoms with Gasteiger partial charge in [0, 0.05) is 76.2 Å². The van der Waals surface area contributed by atoms with Crippen LogP contribution in [0.1, 0.15) is 88.1 Å². The Labute approximate surface area is 461 Å². The van der Waals surface area contributed by atoms with Crippen LogP contribution in [0.25, 0.3) is 0 Å². The second-order valence-electron chi connectivity index (χ2n) is 20.3. The fourth-order valence-corrected chi connectivity index (χ4v) is 12.2. The summed E-state index contributed by atoms with van der Waals surface area (Å²) in [4.78, 5) is 102. The summed E-state index contributed by atoms with van der Waals surface area (Å²) in [5.41, 5.74) is 4.07. The SMILES string of the molecule is CCC(C)C([C@@H](CC(=O)N1CCCC1C(OC)C(C)C(=O)N[C@@H](Cc1ccc(OC(=O)N2CCC(CNC(=O)c3ccc4c(c3)N=C(CSC)C(CSC)N4)CC2)cc1)C(=O)NSC1CC1)OC)N(C)C(=O)CNC=O. The van der Waals surface area contributed by atoms with Gasteiger partial charge in [0.25, 0.3) is 11.8 Å². The number of hydrogen-bond donors (Lipinski definition) is 5. The maximum absolute atomic E-state index is 14.2. The van der Waals surface area contributed by atoms with Crippen LogP contribution < -0.4 is 30.7 Å². The molecule has 19 nitrogen and oxygen atoms in total. The van der Waals surface area contributed by atoms with Gasteiger partial charge in [0.1, 0.15) is 11.8 Å². The van der Waals surface area contributed by atoms with Crippen LogP contribution in [0, 0.1) is 17.8 Å². The molecule has 8 atom stereocenters. The molecule has 6 unspecified atom stereocenters. The minimum absolute atomic E-state index is 0.0109. The van der Waals surface area contributed by atoms with Crippen LogP contribution in [0.5, 0.6) is 5.75 Å². The molecule has 0 aromatic heterocycles. The molecule has 1 aliphatic carbocycles. The van der Waals surface area contributed by atoms with Crippen molar-refractivity contribution in [1.82, 2.24) is 35.4 Å². The number of thioether (sulfide) groups is 2. The van der Waals surface area contributed by atoms with Crippen molar-refractivity contribution in [1.29, 1.82) is 0 Å². The largest absolute Gasteiger partial charge is 0.415 e. The van der Waals surface area contributed by atoms with Crippen molar-refractivity contribution < 1.29 is 47.8 Å². The highest BCUT2D eigenvalue weighted by atomic mass is 32.2. The first-order chi connectivity index (χ1) is 36.6. The average Bonchev–Trinajstić information content (AvgIpc) is 4.15. The molecular weight excluding hydrogens is 1030 g/mol. The molecule has 3 heterocycles. The summed E-state index contributed by atoms with van der Waals surface area (Å²) in [6.07, 6.45) is 8.39. The Bertz CT molecular complexity index is 2340. The standard InChI is InChI=1S/C54H79N9O10S3/c1-9-33(2)49(61(4)48(66)29-55-32-64)46(71-5)27-47(65)63-22-10-11-45(63)50(72-6)34(3)51(67)59-42(53(69)60-76-39-17-18-39)25-35-12-15-38(16-13-35)73-54(70)62-23-20-36(21-24-62)28-56-52(68)37-14-19-40-41(26-37)58-44(31-75-8)43(57-40)30-74-7/h12-16,19,26,32-34,36,39,42-43,45-46,49-50,57H,9-11,17-18,20-25,27-31H2,1-8H3,(H,55,64)(H,56,68)(H,59,67)(H,60,69)/t33?,34?,42-,43?,45?,46+,49?,50?/m0/s1. The van der Waals surface area contributed by atoms with Crippen molar-refractivity contribution in [3.05, 3.63) is 53.6 Å². The Balaban J connectivity index is 1.01. The van der Waals surface area contributed by atoms with Gasteiger partial charge in [0.05, 0.1) is 66.3 Å². The van der Waals surface area contributed by atoms with E-state index in [1.165, 1.54) is 26.2 Å². The van der Waals surface area contributed by atoms with E-state index in [0.29, 0.717) is 74.8 Å². The summed E-state index contributed by atoms with van der Waals surface area (Å²) >= 11 is 4.85. The smallest absolute Gasteiger partial charge is 0.410 e. The number of anilines is 1. The van der Waals surface area contributed by atoms with Gasteiger partial charge in [-0.15, -0.1) is 0 Å². The molecule has 76 heavy (non-hydrogen) atoms. The minimum atomic E-state index is -0.943. The van der Waals surface area contributed by atoms with Crippen molar-refractivity contribution in [3.63, 3.8) is 0 Å². The molecule has 5 N–H and O–H groups in total. The van der Waals surface area contributed by atoms with Crippen molar-refractivity contribution >= 4 is 94.6 Å². The quantitative estimate of drug-likeness (QED) is 0.0521. The molecule has 3 fully saturated rings. The summed E-state index contributed by atoms with van der Waals surface area (Å²) in [6, 6.07) is 10.8. The zero-order chi connectivity index (χ0) is 54.9. The topological polar surface area (TPSA) is 229 Å². The van der Waals surface area contributed by atoms with Crippen LogP contribution in [-0.2, 0) is 39.9 Å². The van der Waals surface area contributed by atoms with Crippen molar-refractivity contribution in [2.45, 2.75) is 120 Å². The predicted molar refractivity (Wildman–Crippen MR) is 301 cm³/mol. The number of aliphatic imine (C=N–C) groups is 1. The number of benzene rings is 2. The van der Waals surface area contributed by atoms with E-state index in [0.717, 1.165) is 53.4 Å².